The molecule has 1 aliphatic heterocycles. The molecule has 2 aromatic rings. The first-order valence-corrected chi connectivity index (χ1v) is 10.8. The van der Waals surface area contributed by atoms with Crippen LogP contribution in [-0.2, 0) is 21.4 Å². The predicted octanol–water partition coefficient (Wildman–Crippen LogP) is 3.42. The topological polar surface area (TPSA) is 66.9 Å². The van der Waals surface area contributed by atoms with Gasteiger partial charge in [-0.05, 0) is 38.5 Å². The van der Waals surface area contributed by atoms with E-state index in [1.165, 1.54) is 4.31 Å². The van der Waals surface area contributed by atoms with Gasteiger partial charge in [-0.3, -0.25) is 0 Å². The quantitative estimate of drug-likeness (QED) is 0.786. The van der Waals surface area contributed by atoms with Crippen LogP contribution in [-0.4, -0.2) is 48.9 Å². The van der Waals surface area contributed by atoms with Gasteiger partial charge in [0.1, 0.15) is 6.61 Å². The van der Waals surface area contributed by atoms with Crippen LogP contribution in [0.1, 0.15) is 25.0 Å². The molecule has 6 nitrogen and oxygen atoms in total. The van der Waals surface area contributed by atoms with Gasteiger partial charge in [0.05, 0.1) is 4.90 Å². The van der Waals surface area contributed by atoms with Crippen molar-refractivity contribution in [1.82, 2.24) is 9.21 Å². The summed E-state index contributed by atoms with van der Waals surface area (Å²) in [5.41, 5.74) is 1.92. The van der Waals surface area contributed by atoms with Crippen molar-refractivity contribution >= 4 is 16.1 Å². The highest BCUT2D eigenvalue weighted by Crippen LogP contribution is 2.24. The maximum Gasteiger partial charge on any atom is 0.410 e. The number of hydrogen-bond donors (Lipinski definition) is 0. The van der Waals surface area contributed by atoms with E-state index in [0.29, 0.717) is 0 Å². The Balaban J connectivity index is 1.68. The molecule has 0 aromatic heterocycles. The van der Waals surface area contributed by atoms with Crippen LogP contribution in [0.5, 0.6) is 0 Å². The van der Waals surface area contributed by atoms with Gasteiger partial charge in [-0.15, -0.1) is 0 Å². The van der Waals surface area contributed by atoms with E-state index in [2.05, 4.69) is 0 Å². The largest absolute Gasteiger partial charge is 0.445 e. The number of hydrogen-bond acceptors (Lipinski definition) is 4. The monoisotopic (exact) mass is 402 g/mol. The Morgan fingerprint density at radius 2 is 1.57 bits per heavy atom. The molecule has 0 unspecified atom stereocenters. The molecule has 0 spiro atoms. The molecule has 1 aliphatic rings. The second-order valence-corrected chi connectivity index (χ2v) is 9.22. The van der Waals surface area contributed by atoms with Gasteiger partial charge < -0.3 is 9.64 Å². The van der Waals surface area contributed by atoms with E-state index < -0.39 is 16.1 Å². The Hall–Kier alpha value is -2.38. The number of ether oxygens (including phenoxy) is 1. The zero-order valence-corrected chi connectivity index (χ0v) is 17.2. The predicted molar refractivity (Wildman–Crippen MR) is 107 cm³/mol. The summed E-state index contributed by atoms with van der Waals surface area (Å²) in [6.07, 6.45) is -0.420. The first kappa shape index (κ1) is 20.4. The lowest BCUT2D eigenvalue weighted by molar-refractivity contribution is 0.0406. The van der Waals surface area contributed by atoms with Crippen molar-refractivity contribution < 1.29 is 17.9 Å². The number of amides is 1. The van der Waals surface area contributed by atoms with Crippen LogP contribution in [0, 0.1) is 6.92 Å². The van der Waals surface area contributed by atoms with Gasteiger partial charge in [-0.1, -0.05) is 48.0 Å². The third-order valence-electron chi connectivity index (χ3n) is 4.96. The minimum Gasteiger partial charge on any atom is -0.445 e. The molecule has 0 radical (unpaired) electrons. The number of piperazine rings is 1. The van der Waals surface area contributed by atoms with E-state index in [4.69, 9.17) is 4.74 Å². The Bertz CT molecular complexity index is 901. The molecule has 0 N–H and O–H groups in total. The van der Waals surface area contributed by atoms with E-state index >= 15 is 0 Å². The van der Waals surface area contributed by atoms with E-state index in [0.717, 1.165) is 11.1 Å². The van der Waals surface area contributed by atoms with Crippen LogP contribution < -0.4 is 0 Å². The summed E-state index contributed by atoms with van der Waals surface area (Å²) in [6, 6.07) is 15.7. The SMILES string of the molecule is Cc1ccc(S(=O)(=O)N2C[C@H](C)N(C(=O)OCc3ccccc3)[C@@H](C)C2)cc1. The maximum atomic E-state index is 13.0. The van der Waals surface area contributed by atoms with Gasteiger partial charge in [0.2, 0.25) is 10.0 Å². The molecule has 2 aromatic carbocycles. The third kappa shape index (κ3) is 4.36. The molecule has 0 aliphatic carbocycles. The number of rotatable bonds is 4. The minimum absolute atomic E-state index is 0.195. The lowest BCUT2D eigenvalue weighted by Gasteiger charge is -2.42. The molecule has 0 saturated carbocycles. The van der Waals surface area contributed by atoms with E-state index in [-0.39, 0.29) is 36.7 Å². The molecule has 3 rings (SSSR count). The van der Waals surface area contributed by atoms with Gasteiger partial charge >= 0.3 is 6.09 Å². The number of sulfonamides is 1. The molecule has 7 heteroatoms. The summed E-state index contributed by atoms with van der Waals surface area (Å²) >= 11 is 0. The Morgan fingerprint density at radius 1 is 1.00 bits per heavy atom. The fourth-order valence-corrected chi connectivity index (χ4v) is 5.09. The fourth-order valence-electron chi connectivity index (χ4n) is 3.48. The first-order chi connectivity index (χ1) is 13.3. The van der Waals surface area contributed by atoms with Gasteiger partial charge in [-0.2, -0.15) is 4.31 Å². The Morgan fingerprint density at radius 3 is 2.14 bits per heavy atom. The second-order valence-electron chi connectivity index (χ2n) is 7.28. The summed E-state index contributed by atoms with van der Waals surface area (Å²) in [5, 5.41) is 0. The average Bonchev–Trinajstić information content (AvgIpc) is 2.67. The van der Waals surface area contributed by atoms with Crippen molar-refractivity contribution in [3.05, 3.63) is 65.7 Å². The summed E-state index contributed by atoms with van der Waals surface area (Å²) in [6.45, 7) is 6.28. The highest BCUT2D eigenvalue weighted by molar-refractivity contribution is 7.89. The number of nitrogens with zero attached hydrogens (tertiary/aromatic N) is 2. The van der Waals surface area contributed by atoms with Crippen LogP contribution in [0.2, 0.25) is 0 Å². The van der Waals surface area contributed by atoms with Gasteiger partial charge in [0, 0.05) is 25.2 Å². The minimum atomic E-state index is -3.59. The molecule has 1 saturated heterocycles. The van der Waals surface area contributed by atoms with E-state index in [9.17, 15) is 13.2 Å². The highest BCUT2D eigenvalue weighted by Gasteiger charge is 2.39. The van der Waals surface area contributed by atoms with Crippen molar-refractivity contribution in [2.75, 3.05) is 13.1 Å². The standard InChI is InChI=1S/C21H26N2O4S/c1-16-9-11-20(12-10-16)28(25,26)22-13-17(2)23(18(3)14-22)21(24)27-15-19-7-5-4-6-8-19/h4-12,17-18H,13-15H2,1-3H3/t17-,18-/m0/s1. The summed E-state index contributed by atoms with van der Waals surface area (Å²) in [5.74, 6) is 0. The van der Waals surface area contributed by atoms with Crippen LogP contribution >= 0.6 is 0 Å². The Kier molecular flexibility index (Phi) is 6.05. The molecular formula is C21H26N2O4S. The van der Waals surface area contributed by atoms with Crippen molar-refractivity contribution in [1.29, 1.82) is 0 Å². The molecule has 2 atom stereocenters. The number of carbonyl (C=O) groups is 1. The number of benzene rings is 2. The highest BCUT2D eigenvalue weighted by atomic mass is 32.2. The van der Waals surface area contributed by atoms with Crippen molar-refractivity contribution in [2.24, 2.45) is 0 Å². The van der Waals surface area contributed by atoms with Crippen LogP contribution in [0.3, 0.4) is 0 Å². The van der Waals surface area contributed by atoms with Gasteiger partial charge in [0.25, 0.3) is 0 Å². The fraction of sp³-hybridized carbons (Fsp3) is 0.381. The summed E-state index contributed by atoms with van der Waals surface area (Å²) in [4.78, 5) is 14.5. The zero-order valence-electron chi connectivity index (χ0n) is 16.4. The molecule has 1 heterocycles. The molecule has 1 fully saturated rings. The zero-order chi connectivity index (χ0) is 20.3. The normalized spacial score (nSPS) is 20.8. The van der Waals surface area contributed by atoms with Gasteiger partial charge in [0.15, 0.2) is 0 Å². The van der Waals surface area contributed by atoms with Crippen molar-refractivity contribution in [3.63, 3.8) is 0 Å². The molecule has 150 valence electrons. The average molecular weight is 403 g/mol. The third-order valence-corrected chi connectivity index (χ3v) is 6.81. The molecular weight excluding hydrogens is 376 g/mol. The summed E-state index contributed by atoms with van der Waals surface area (Å²) < 4.78 is 32.8. The van der Waals surface area contributed by atoms with E-state index in [1.54, 1.807) is 29.2 Å². The van der Waals surface area contributed by atoms with Crippen molar-refractivity contribution in [2.45, 2.75) is 44.4 Å². The molecule has 0 bridgehead atoms. The lowest BCUT2D eigenvalue weighted by Crippen LogP contribution is -2.59. The van der Waals surface area contributed by atoms with Crippen LogP contribution in [0.25, 0.3) is 0 Å². The van der Waals surface area contributed by atoms with Crippen molar-refractivity contribution in [3.8, 4) is 0 Å². The number of aryl methyl sites for hydroxylation is 1. The second kappa shape index (κ2) is 8.32. The number of carbonyl (C=O) groups excluding carboxylic acids is 1. The van der Waals surface area contributed by atoms with Crippen LogP contribution in [0.15, 0.2) is 59.5 Å². The Labute approximate surface area is 166 Å². The smallest absolute Gasteiger partial charge is 0.410 e. The lowest BCUT2D eigenvalue weighted by atomic mass is 10.1. The maximum absolute atomic E-state index is 13.0. The molecule has 28 heavy (non-hydrogen) atoms. The molecule has 1 amide bonds. The first-order valence-electron chi connectivity index (χ1n) is 9.35. The van der Waals surface area contributed by atoms with Gasteiger partial charge in [-0.25, -0.2) is 13.2 Å². The summed E-state index contributed by atoms with van der Waals surface area (Å²) in [7, 11) is -3.59. The van der Waals surface area contributed by atoms with E-state index in [1.807, 2.05) is 51.1 Å². The van der Waals surface area contributed by atoms with Crippen LogP contribution in [0.4, 0.5) is 4.79 Å².